The normalized spacial score (nSPS) is 11.3. The zero-order chi connectivity index (χ0) is 31.9. The first kappa shape index (κ1) is 28.0. The average Bonchev–Trinajstić information content (AvgIpc) is 3.17. The van der Waals surface area contributed by atoms with Crippen LogP contribution in [0.25, 0.3) is 88.0 Å². The van der Waals surface area contributed by atoms with Crippen LogP contribution in [0.1, 0.15) is 0 Å². The average molecular weight is 609 g/mol. The second-order valence-electron chi connectivity index (χ2n) is 12.5. The van der Waals surface area contributed by atoms with Gasteiger partial charge in [0.25, 0.3) is 0 Å². The minimum Gasteiger partial charge on any atom is -0.0622 e. The van der Waals surface area contributed by atoms with Gasteiger partial charge in [-0.15, -0.1) is 0 Å². The summed E-state index contributed by atoms with van der Waals surface area (Å²) in [6.07, 6.45) is 0. The number of benzene rings is 9. The van der Waals surface area contributed by atoms with Gasteiger partial charge in [0.1, 0.15) is 0 Å². The van der Waals surface area contributed by atoms with Crippen molar-refractivity contribution in [1.82, 2.24) is 0 Å². The van der Waals surface area contributed by atoms with Gasteiger partial charge >= 0.3 is 0 Å². The van der Waals surface area contributed by atoms with Crippen LogP contribution in [-0.2, 0) is 0 Å². The summed E-state index contributed by atoms with van der Waals surface area (Å²) in [6, 6.07) is 70.7. The van der Waals surface area contributed by atoms with E-state index in [1.54, 1.807) is 0 Å². The smallest absolute Gasteiger partial charge is 0.00262 e. The third kappa shape index (κ3) is 4.96. The quantitative estimate of drug-likeness (QED) is 0.171. The predicted octanol–water partition coefficient (Wildman–Crippen LogP) is 13.5. The van der Waals surface area contributed by atoms with Crippen LogP contribution in [0.4, 0.5) is 0 Å². The second-order valence-corrected chi connectivity index (χ2v) is 12.5. The molecule has 9 rings (SSSR count). The summed E-state index contributed by atoms with van der Waals surface area (Å²) in [7, 11) is 0. The SMILES string of the molecule is c1ccc(-c2cccc(-c3c4ccccc4c(-c4ccc(-c5cccc(-c6ccc7ccccc7c6)c5)cc4)c4ccccc34)c2)cc1. The number of fused-ring (bicyclic) bond motifs is 3. The van der Waals surface area contributed by atoms with Gasteiger partial charge in [0.15, 0.2) is 0 Å². The summed E-state index contributed by atoms with van der Waals surface area (Å²) >= 11 is 0. The topological polar surface area (TPSA) is 0 Å². The summed E-state index contributed by atoms with van der Waals surface area (Å²) < 4.78 is 0. The van der Waals surface area contributed by atoms with Gasteiger partial charge < -0.3 is 0 Å². The van der Waals surface area contributed by atoms with Crippen molar-refractivity contribution in [3.05, 3.63) is 194 Å². The van der Waals surface area contributed by atoms with E-state index >= 15 is 0 Å². The first-order valence-corrected chi connectivity index (χ1v) is 16.6. The minimum atomic E-state index is 1.21. The van der Waals surface area contributed by atoms with Crippen molar-refractivity contribution in [2.24, 2.45) is 0 Å². The van der Waals surface area contributed by atoms with Crippen molar-refractivity contribution in [1.29, 1.82) is 0 Å². The van der Waals surface area contributed by atoms with Gasteiger partial charge in [0.2, 0.25) is 0 Å². The van der Waals surface area contributed by atoms with E-state index in [1.807, 2.05) is 0 Å². The Morgan fingerprint density at radius 1 is 0.188 bits per heavy atom. The maximum atomic E-state index is 2.34. The molecule has 0 heteroatoms. The Hall–Kier alpha value is -6.24. The van der Waals surface area contributed by atoms with Gasteiger partial charge in [-0.1, -0.05) is 176 Å². The van der Waals surface area contributed by atoms with Crippen LogP contribution < -0.4 is 0 Å². The molecule has 0 heterocycles. The molecular formula is C48H32. The summed E-state index contributed by atoms with van der Waals surface area (Å²) in [5.74, 6) is 0. The molecule has 0 radical (unpaired) electrons. The van der Waals surface area contributed by atoms with E-state index in [9.17, 15) is 0 Å². The molecule has 0 aliphatic heterocycles. The van der Waals surface area contributed by atoms with E-state index in [2.05, 4.69) is 194 Å². The van der Waals surface area contributed by atoms with Gasteiger partial charge in [-0.25, -0.2) is 0 Å². The van der Waals surface area contributed by atoms with Crippen LogP contribution in [0.3, 0.4) is 0 Å². The van der Waals surface area contributed by atoms with Gasteiger partial charge in [0.05, 0.1) is 0 Å². The molecule has 48 heavy (non-hydrogen) atoms. The van der Waals surface area contributed by atoms with E-state index in [0.717, 1.165) is 0 Å². The molecule has 224 valence electrons. The first-order chi connectivity index (χ1) is 23.8. The first-order valence-electron chi connectivity index (χ1n) is 16.6. The van der Waals surface area contributed by atoms with Gasteiger partial charge in [-0.3, -0.25) is 0 Å². The molecule has 0 aliphatic rings. The maximum absolute atomic E-state index is 2.34. The molecule has 0 amide bonds. The number of hydrogen-bond donors (Lipinski definition) is 0. The zero-order valence-corrected chi connectivity index (χ0v) is 26.5. The van der Waals surface area contributed by atoms with Crippen LogP contribution in [0.5, 0.6) is 0 Å². The number of rotatable bonds is 5. The fourth-order valence-electron chi connectivity index (χ4n) is 7.31. The molecule has 0 atom stereocenters. The summed E-state index contributed by atoms with van der Waals surface area (Å²) in [5.41, 5.74) is 12.4. The van der Waals surface area contributed by atoms with Crippen LogP contribution >= 0.6 is 0 Å². The molecule has 0 fully saturated rings. The fraction of sp³-hybridized carbons (Fsp3) is 0. The van der Waals surface area contributed by atoms with Crippen LogP contribution in [0, 0.1) is 0 Å². The molecule has 9 aromatic rings. The Morgan fingerprint density at radius 3 is 1.19 bits per heavy atom. The van der Waals surface area contributed by atoms with E-state index in [4.69, 9.17) is 0 Å². The highest BCUT2D eigenvalue weighted by molar-refractivity contribution is 6.21. The molecule has 0 N–H and O–H groups in total. The van der Waals surface area contributed by atoms with E-state index in [0.29, 0.717) is 0 Å². The molecule has 9 aromatic carbocycles. The molecule has 0 aliphatic carbocycles. The van der Waals surface area contributed by atoms with Gasteiger partial charge in [-0.05, 0) is 106 Å². The van der Waals surface area contributed by atoms with Crippen molar-refractivity contribution in [2.45, 2.75) is 0 Å². The van der Waals surface area contributed by atoms with Crippen LogP contribution in [0.2, 0.25) is 0 Å². The highest BCUT2D eigenvalue weighted by atomic mass is 14.2. The highest BCUT2D eigenvalue weighted by Gasteiger charge is 2.17. The molecule has 0 spiro atoms. The number of hydrogen-bond acceptors (Lipinski definition) is 0. The second kappa shape index (κ2) is 11.8. The third-order valence-corrected chi connectivity index (χ3v) is 9.64. The lowest BCUT2D eigenvalue weighted by molar-refractivity contribution is 1.59. The van der Waals surface area contributed by atoms with Crippen LogP contribution in [0.15, 0.2) is 194 Å². The fourth-order valence-corrected chi connectivity index (χ4v) is 7.31. The molecule has 0 saturated carbocycles. The Bertz CT molecular complexity index is 2530. The van der Waals surface area contributed by atoms with Crippen molar-refractivity contribution < 1.29 is 0 Å². The monoisotopic (exact) mass is 608 g/mol. The lowest BCUT2D eigenvalue weighted by Crippen LogP contribution is -1.91. The van der Waals surface area contributed by atoms with E-state index in [-0.39, 0.29) is 0 Å². The molecule has 0 saturated heterocycles. The lowest BCUT2D eigenvalue weighted by Gasteiger charge is -2.18. The largest absolute Gasteiger partial charge is 0.0622 e. The van der Waals surface area contributed by atoms with Crippen molar-refractivity contribution in [3.8, 4) is 55.6 Å². The maximum Gasteiger partial charge on any atom is -0.00262 e. The van der Waals surface area contributed by atoms with Crippen molar-refractivity contribution >= 4 is 32.3 Å². The van der Waals surface area contributed by atoms with Crippen molar-refractivity contribution in [2.75, 3.05) is 0 Å². The summed E-state index contributed by atoms with van der Waals surface area (Å²) in [4.78, 5) is 0. The molecule has 0 nitrogen and oxygen atoms in total. The molecule has 0 unspecified atom stereocenters. The third-order valence-electron chi connectivity index (χ3n) is 9.64. The molecule has 0 aromatic heterocycles. The Balaban J connectivity index is 1.15. The van der Waals surface area contributed by atoms with Crippen LogP contribution in [-0.4, -0.2) is 0 Å². The summed E-state index contributed by atoms with van der Waals surface area (Å²) in [6.45, 7) is 0. The van der Waals surface area contributed by atoms with E-state index in [1.165, 1.54) is 88.0 Å². The predicted molar refractivity (Wildman–Crippen MR) is 206 cm³/mol. The molecule has 0 bridgehead atoms. The zero-order valence-electron chi connectivity index (χ0n) is 26.5. The molecular weight excluding hydrogens is 577 g/mol. The van der Waals surface area contributed by atoms with Crippen molar-refractivity contribution in [3.63, 3.8) is 0 Å². The Morgan fingerprint density at radius 2 is 0.562 bits per heavy atom. The van der Waals surface area contributed by atoms with E-state index < -0.39 is 0 Å². The Kier molecular flexibility index (Phi) is 6.91. The highest BCUT2D eigenvalue weighted by Crippen LogP contribution is 2.44. The lowest BCUT2D eigenvalue weighted by atomic mass is 9.85. The summed E-state index contributed by atoms with van der Waals surface area (Å²) in [5, 5.41) is 7.60. The van der Waals surface area contributed by atoms with Gasteiger partial charge in [0, 0.05) is 0 Å². The standard InChI is InChI=1S/C48H32/c1-2-12-33(13-3-1)39-17-11-19-42(32-39)48-45-22-8-6-20-43(45)47(44-21-7-9-23-46(44)48)36-27-24-35(25-28-36)38-16-10-18-40(30-38)41-29-26-34-14-4-5-15-37(34)31-41/h1-32H. The Labute approximate surface area is 281 Å². The van der Waals surface area contributed by atoms with Gasteiger partial charge in [-0.2, -0.15) is 0 Å². The minimum absolute atomic E-state index is 1.21.